The number of hydrogen-bond donors (Lipinski definition) is 0. The van der Waals surface area contributed by atoms with Gasteiger partial charge in [-0.15, -0.1) is 10.2 Å². The third kappa shape index (κ3) is 5.45. The number of aromatic nitrogens is 6. The van der Waals surface area contributed by atoms with Crippen LogP contribution < -0.4 is 0 Å². The molecule has 4 heterocycles. The Balaban J connectivity index is 1.05. The predicted octanol–water partition coefficient (Wildman–Crippen LogP) is 13.7. The molecule has 2 aliphatic carbocycles. The smallest absolute Gasteiger partial charge is 0.248 e. The first-order valence-corrected chi connectivity index (χ1v) is 22.1. The zero-order chi connectivity index (χ0) is 43.4. The van der Waals surface area contributed by atoms with Gasteiger partial charge in [0.15, 0.2) is 0 Å². The molecule has 0 N–H and O–H groups in total. The van der Waals surface area contributed by atoms with Crippen LogP contribution in [0.15, 0.2) is 193 Å². The summed E-state index contributed by atoms with van der Waals surface area (Å²) in [7, 11) is 0. The molecular weight excluding hydrogens is 797 g/mol. The van der Waals surface area contributed by atoms with Crippen LogP contribution in [0.5, 0.6) is 0 Å². The van der Waals surface area contributed by atoms with Gasteiger partial charge in [-0.05, 0) is 116 Å². The molecule has 0 amide bonds. The highest BCUT2D eigenvalue weighted by Gasteiger charge is 2.52. The van der Waals surface area contributed by atoms with Crippen molar-refractivity contribution in [3.05, 3.63) is 216 Å². The van der Waals surface area contributed by atoms with E-state index in [0.29, 0.717) is 11.8 Å². The van der Waals surface area contributed by atoms with Crippen LogP contribution in [0.1, 0.15) is 48.6 Å². The molecule has 2 aliphatic rings. The molecule has 0 saturated heterocycles. The van der Waals surface area contributed by atoms with Gasteiger partial charge in [-0.25, -0.2) is 9.97 Å². The Morgan fingerprint density at radius 3 is 1.78 bits per heavy atom. The number of nitrogens with zero attached hydrogens (tertiary/aromatic N) is 6. The molecule has 65 heavy (non-hydrogen) atoms. The Morgan fingerprint density at radius 2 is 1.09 bits per heavy atom. The topological polar surface area (TPSA) is 82.5 Å². The summed E-state index contributed by atoms with van der Waals surface area (Å²) in [6, 6.07) is 64.4. The van der Waals surface area contributed by atoms with E-state index in [2.05, 4.69) is 193 Å². The highest BCUT2D eigenvalue weighted by atomic mass is 16.4. The first-order valence-electron chi connectivity index (χ1n) is 22.1. The van der Waals surface area contributed by atoms with Gasteiger partial charge < -0.3 is 4.42 Å². The van der Waals surface area contributed by atoms with E-state index in [1.165, 1.54) is 50.1 Å². The van der Waals surface area contributed by atoms with Gasteiger partial charge >= 0.3 is 0 Å². The van der Waals surface area contributed by atoms with E-state index in [1.54, 1.807) is 0 Å². The van der Waals surface area contributed by atoms with E-state index in [1.807, 2.05) is 30.5 Å². The van der Waals surface area contributed by atoms with Crippen LogP contribution in [0.25, 0.3) is 95.6 Å². The summed E-state index contributed by atoms with van der Waals surface area (Å²) < 4.78 is 8.77. The zero-order valence-electron chi connectivity index (χ0n) is 36.0. The predicted molar refractivity (Wildman–Crippen MR) is 259 cm³/mol. The summed E-state index contributed by atoms with van der Waals surface area (Å²) in [5.74, 6) is 1.80. The number of para-hydroxylation sites is 2. The molecule has 7 aromatic carbocycles. The molecule has 0 atom stereocenters. The molecule has 1 spiro atoms. The highest BCUT2D eigenvalue weighted by Crippen LogP contribution is 2.63. The third-order valence-corrected chi connectivity index (χ3v) is 13.4. The van der Waals surface area contributed by atoms with Crippen molar-refractivity contribution < 1.29 is 4.42 Å². The van der Waals surface area contributed by atoms with E-state index < -0.39 is 5.41 Å². The number of rotatable bonds is 5. The second kappa shape index (κ2) is 13.9. The summed E-state index contributed by atoms with van der Waals surface area (Å²) in [4.78, 5) is 15.7. The van der Waals surface area contributed by atoms with Crippen LogP contribution in [-0.4, -0.2) is 29.7 Å². The zero-order valence-corrected chi connectivity index (χ0v) is 36.0. The lowest BCUT2D eigenvalue weighted by atomic mass is 9.70. The molecule has 7 heteroatoms. The van der Waals surface area contributed by atoms with E-state index in [9.17, 15) is 0 Å². The van der Waals surface area contributed by atoms with Crippen molar-refractivity contribution >= 4 is 21.9 Å². The van der Waals surface area contributed by atoms with Crippen LogP contribution in [0, 0.1) is 0 Å². The van der Waals surface area contributed by atoms with Gasteiger partial charge in [0.2, 0.25) is 11.8 Å². The van der Waals surface area contributed by atoms with Crippen LogP contribution in [0.3, 0.4) is 0 Å². The maximum atomic E-state index is 6.50. The maximum absolute atomic E-state index is 6.50. The van der Waals surface area contributed by atoms with Crippen molar-refractivity contribution in [2.45, 2.75) is 31.6 Å². The van der Waals surface area contributed by atoms with E-state index in [0.717, 1.165) is 61.5 Å². The van der Waals surface area contributed by atoms with E-state index in [4.69, 9.17) is 19.4 Å². The van der Waals surface area contributed by atoms with Crippen molar-refractivity contribution in [1.82, 2.24) is 29.7 Å². The Bertz CT molecular complexity index is 3650. The van der Waals surface area contributed by atoms with Crippen LogP contribution >= 0.6 is 0 Å². The van der Waals surface area contributed by atoms with Gasteiger partial charge in [-0.1, -0.05) is 142 Å². The Morgan fingerprint density at radius 1 is 0.508 bits per heavy atom. The van der Waals surface area contributed by atoms with Crippen molar-refractivity contribution in [2.75, 3.05) is 0 Å². The summed E-state index contributed by atoms with van der Waals surface area (Å²) in [6.45, 7) is 6.65. The highest BCUT2D eigenvalue weighted by molar-refractivity contribution is 6.09. The molecule has 13 rings (SSSR count). The molecule has 308 valence electrons. The van der Waals surface area contributed by atoms with Gasteiger partial charge in [-0.2, -0.15) is 0 Å². The quantitative estimate of drug-likeness (QED) is 0.172. The molecular formula is C58H40N6O. The largest absolute Gasteiger partial charge is 0.416 e. The van der Waals surface area contributed by atoms with Gasteiger partial charge in [-0.3, -0.25) is 9.55 Å². The molecule has 0 aliphatic heterocycles. The lowest BCUT2D eigenvalue weighted by Gasteiger charge is -2.31. The first kappa shape index (κ1) is 37.3. The Labute approximate surface area is 375 Å². The van der Waals surface area contributed by atoms with Gasteiger partial charge in [0, 0.05) is 34.0 Å². The van der Waals surface area contributed by atoms with Crippen molar-refractivity contribution in [1.29, 1.82) is 0 Å². The fourth-order valence-electron chi connectivity index (χ4n) is 10.5. The second-order valence-electron chi connectivity index (χ2n) is 18.1. The number of imidazole rings is 1. The fourth-order valence-corrected chi connectivity index (χ4v) is 10.5. The van der Waals surface area contributed by atoms with Gasteiger partial charge in [0.1, 0.15) is 22.6 Å². The Kier molecular flexibility index (Phi) is 7.95. The number of hydrogen-bond acceptors (Lipinski definition) is 6. The van der Waals surface area contributed by atoms with Gasteiger partial charge in [0.05, 0.1) is 16.6 Å². The minimum Gasteiger partial charge on any atom is -0.416 e. The minimum absolute atomic E-state index is 0.0432. The number of pyridine rings is 2. The van der Waals surface area contributed by atoms with Crippen LogP contribution in [0.4, 0.5) is 0 Å². The SMILES string of the molecule is CC(C)(C)c1ccc(-c2nnc(-c3ccc4c(c3)C3(c5ccccc5-c5ccccc53)c3cc(-c5nc6c7ccccc7nc(-c7ccccn7)c6n5-c5ccccc5)ccc3-4)o2)cc1. The molecule has 4 aromatic heterocycles. The summed E-state index contributed by atoms with van der Waals surface area (Å²) in [5.41, 5.74) is 18.3. The summed E-state index contributed by atoms with van der Waals surface area (Å²) in [6.07, 6.45) is 1.82. The lowest BCUT2D eigenvalue weighted by Crippen LogP contribution is -2.26. The van der Waals surface area contributed by atoms with Crippen molar-refractivity contribution in [2.24, 2.45) is 0 Å². The molecule has 7 nitrogen and oxygen atoms in total. The second-order valence-corrected chi connectivity index (χ2v) is 18.1. The van der Waals surface area contributed by atoms with Crippen LogP contribution in [0.2, 0.25) is 0 Å². The minimum atomic E-state index is -0.646. The van der Waals surface area contributed by atoms with Crippen molar-refractivity contribution in [3.8, 4) is 73.6 Å². The number of benzene rings is 7. The third-order valence-electron chi connectivity index (χ3n) is 13.4. The van der Waals surface area contributed by atoms with E-state index >= 15 is 0 Å². The first-order chi connectivity index (χ1) is 31.9. The van der Waals surface area contributed by atoms with Crippen LogP contribution in [-0.2, 0) is 10.8 Å². The normalized spacial score (nSPS) is 13.3. The molecule has 11 aromatic rings. The molecule has 0 radical (unpaired) electrons. The summed E-state index contributed by atoms with van der Waals surface area (Å²) in [5, 5.41) is 10.2. The van der Waals surface area contributed by atoms with Gasteiger partial charge in [0.25, 0.3) is 0 Å². The molecule has 0 saturated carbocycles. The maximum Gasteiger partial charge on any atom is 0.248 e. The fraction of sp³-hybridized carbons (Fsp3) is 0.0862. The standard InChI is InChI=1S/C58H40N6O/c1-57(2,3)38-28-24-35(25-29-38)55-62-63-56(65-55)37-27-31-43-42-30-26-36(33-47(42)58(48(43)34-37)45-20-10-7-17-40(45)41-18-8-11-21-46(41)58)54-61-51-44-19-9-12-22-49(44)60-52(50-23-13-14-32-59-50)53(51)64(54)39-15-5-4-6-16-39/h4-34H,1-3H3. The van der Waals surface area contributed by atoms with E-state index in [-0.39, 0.29) is 5.41 Å². The van der Waals surface area contributed by atoms with Crippen molar-refractivity contribution in [3.63, 3.8) is 0 Å². The summed E-state index contributed by atoms with van der Waals surface area (Å²) >= 11 is 0. The molecule has 0 fully saturated rings. The Hall–Kier alpha value is -8.29. The average Bonchev–Trinajstić information content (AvgIpc) is 4.14. The molecule has 0 bridgehead atoms. The lowest BCUT2D eigenvalue weighted by molar-refractivity contribution is 0.582. The molecule has 0 unspecified atom stereocenters. The monoisotopic (exact) mass is 836 g/mol. The average molecular weight is 837 g/mol. The number of fused-ring (bicyclic) bond motifs is 13.